The first-order valence-corrected chi connectivity index (χ1v) is 9.50. The predicted octanol–water partition coefficient (Wildman–Crippen LogP) is 3.48. The van der Waals surface area contributed by atoms with Gasteiger partial charge in [0.2, 0.25) is 15.8 Å². The largest absolute Gasteiger partial charge is 0.334 e. The van der Waals surface area contributed by atoms with E-state index in [9.17, 15) is 8.42 Å². The summed E-state index contributed by atoms with van der Waals surface area (Å²) >= 11 is 0. The molecule has 1 aromatic heterocycles. The first-order chi connectivity index (χ1) is 12.0. The molecule has 2 aromatic carbocycles. The van der Waals surface area contributed by atoms with E-state index in [2.05, 4.69) is 14.9 Å². The number of rotatable bonds is 6. The molecule has 130 valence electrons. The number of aromatic nitrogens is 2. The summed E-state index contributed by atoms with van der Waals surface area (Å²) in [6.45, 7) is 3.75. The van der Waals surface area contributed by atoms with Gasteiger partial charge in [-0.1, -0.05) is 48.5 Å². The van der Waals surface area contributed by atoms with Crippen LogP contribution in [0.3, 0.4) is 0 Å². The Hall–Kier alpha value is -2.51. The molecule has 0 aliphatic heterocycles. The molecule has 0 saturated carbocycles. The van der Waals surface area contributed by atoms with Gasteiger partial charge in [-0.25, -0.2) is 13.1 Å². The normalized spacial score (nSPS) is 12.9. The first-order valence-electron chi connectivity index (χ1n) is 8.01. The minimum atomic E-state index is -3.59. The Kier molecular flexibility index (Phi) is 4.96. The topological polar surface area (TPSA) is 85.1 Å². The lowest BCUT2D eigenvalue weighted by Gasteiger charge is -2.12. The van der Waals surface area contributed by atoms with Crippen LogP contribution in [0.1, 0.15) is 20.3 Å². The van der Waals surface area contributed by atoms with Crippen LogP contribution in [0, 0.1) is 0 Å². The van der Waals surface area contributed by atoms with Gasteiger partial charge < -0.3 is 4.52 Å². The smallest absolute Gasteiger partial charge is 0.258 e. The van der Waals surface area contributed by atoms with Gasteiger partial charge in [0.05, 0.1) is 4.90 Å². The van der Waals surface area contributed by atoms with Crippen molar-refractivity contribution in [3.8, 4) is 22.8 Å². The summed E-state index contributed by atoms with van der Waals surface area (Å²) < 4.78 is 32.8. The minimum absolute atomic E-state index is 0.137. The second-order valence-electron chi connectivity index (χ2n) is 5.75. The van der Waals surface area contributed by atoms with E-state index in [1.165, 1.54) is 6.07 Å². The third kappa shape index (κ3) is 3.94. The fourth-order valence-corrected chi connectivity index (χ4v) is 3.63. The van der Waals surface area contributed by atoms with E-state index in [0.29, 0.717) is 17.8 Å². The molecule has 0 saturated heterocycles. The Labute approximate surface area is 147 Å². The maximum Gasteiger partial charge on any atom is 0.258 e. The van der Waals surface area contributed by atoms with Crippen molar-refractivity contribution in [2.45, 2.75) is 31.2 Å². The molecule has 3 rings (SSSR count). The lowest BCUT2D eigenvalue weighted by molar-refractivity contribution is 0.432. The second-order valence-corrected chi connectivity index (χ2v) is 7.46. The van der Waals surface area contributed by atoms with Crippen LogP contribution in [0.5, 0.6) is 0 Å². The number of hydrogen-bond donors (Lipinski definition) is 1. The summed E-state index contributed by atoms with van der Waals surface area (Å²) in [5.74, 6) is 0.737. The Balaban J connectivity index is 1.91. The summed E-state index contributed by atoms with van der Waals surface area (Å²) in [6.07, 6.45) is 0.711. The molecule has 1 atom stereocenters. The average molecular weight is 357 g/mol. The highest BCUT2D eigenvalue weighted by atomic mass is 32.2. The van der Waals surface area contributed by atoms with E-state index >= 15 is 0 Å². The van der Waals surface area contributed by atoms with Crippen molar-refractivity contribution in [1.29, 1.82) is 0 Å². The maximum atomic E-state index is 12.4. The second kappa shape index (κ2) is 7.16. The van der Waals surface area contributed by atoms with Crippen molar-refractivity contribution in [2.75, 3.05) is 0 Å². The molecule has 1 N–H and O–H groups in total. The highest BCUT2D eigenvalue weighted by Gasteiger charge is 2.18. The van der Waals surface area contributed by atoms with Crippen molar-refractivity contribution in [2.24, 2.45) is 0 Å². The zero-order valence-electron chi connectivity index (χ0n) is 14.0. The van der Waals surface area contributed by atoms with E-state index in [4.69, 9.17) is 4.52 Å². The van der Waals surface area contributed by atoms with Crippen LogP contribution >= 0.6 is 0 Å². The fraction of sp³-hybridized carbons (Fsp3) is 0.222. The minimum Gasteiger partial charge on any atom is -0.334 e. The van der Waals surface area contributed by atoms with Crippen LogP contribution in [0.2, 0.25) is 0 Å². The molecule has 7 heteroatoms. The molecular formula is C18H19N3O3S. The highest BCUT2D eigenvalue weighted by Crippen LogP contribution is 2.24. The Morgan fingerprint density at radius 3 is 2.52 bits per heavy atom. The van der Waals surface area contributed by atoms with Crippen LogP contribution < -0.4 is 4.72 Å². The Morgan fingerprint density at radius 2 is 1.80 bits per heavy atom. The van der Waals surface area contributed by atoms with Gasteiger partial charge in [0.25, 0.3) is 5.89 Å². The third-order valence-electron chi connectivity index (χ3n) is 3.82. The Morgan fingerprint density at radius 1 is 1.08 bits per heavy atom. The fourth-order valence-electron chi connectivity index (χ4n) is 2.26. The molecule has 0 fully saturated rings. The molecule has 0 radical (unpaired) electrons. The van der Waals surface area contributed by atoms with Gasteiger partial charge in [-0.15, -0.1) is 0 Å². The van der Waals surface area contributed by atoms with Gasteiger partial charge in [0.1, 0.15) is 0 Å². The van der Waals surface area contributed by atoms with Gasteiger partial charge in [0, 0.05) is 17.2 Å². The SMILES string of the molecule is CC[C@H](C)NS(=O)(=O)c1cccc(-c2nc(-c3ccccc3)no2)c1. The monoisotopic (exact) mass is 357 g/mol. The summed E-state index contributed by atoms with van der Waals surface area (Å²) in [6, 6.07) is 15.8. The van der Waals surface area contributed by atoms with Crippen LogP contribution in [-0.2, 0) is 10.0 Å². The quantitative estimate of drug-likeness (QED) is 0.730. The van der Waals surface area contributed by atoms with Crippen LogP contribution in [-0.4, -0.2) is 24.6 Å². The summed E-state index contributed by atoms with van der Waals surface area (Å²) in [5, 5.41) is 3.97. The summed E-state index contributed by atoms with van der Waals surface area (Å²) in [7, 11) is -3.59. The van der Waals surface area contributed by atoms with Gasteiger partial charge in [-0.2, -0.15) is 4.98 Å². The lowest BCUT2D eigenvalue weighted by atomic mass is 10.2. The van der Waals surface area contributed by atoms with Crippen LogP contribution in [0.15, 0.2) is 64.0 Å². The predicted molar refractivity (Wildman–Crippen MR) is 95.2 cm³/mol. The van der Waals surface area contributed by atoms with Crippen LogP contribution in [0.25, 0.3) is 22.8 Å². The third-order valence-corrected chi connectivity index (χ3v) is 5.41. The van der Waals surface area contributed by atoms with E-state index in [-0.39, 0.29) is 16.8 Å². The average Bonchev–Trinajstić information content (AvgIpc) is 3.12. The highest BCUT2D eigenvalue weighted by molar-refractivity contribution is 7.89. The van der Waals surface area contributed by atoms with E-state index in [0.717, 1.165) is 5.56 Å². The van der Waals surface area contributed by atoms with E-state index < -0.39 is 10.0 Å². The molecule has 0 aliphatic rings. The lowest BCUT2D eigenvalue weighted by Crippen LogP contribution is -2.31. The molecule has 6 nitrogen and oxygen atoms in total. The molecule has 0 bridgehead atoms. The number of benzene rings is 2. The molecule has 25 heavy (non-hydrogen) atoms. The number of nitrogens with zero attached hydrogens (tertiary/aromatic N) is 2. The molecule has 0 spiro atoms. The molecule has 1 heterocycles. The maximum absolute atomic E-state index is 12.4. The van der Waals surface area contributed by atoms with Crippen LogP contribution in [0.4, 0.5) is 0 Å². The zero-order valence-corrected chi connectivity index (χ0v) is 14.8. The zero-order chi connectivity index (χ0) is 17.9. The standard InChI is InChI=1S/C18H19N3O3S/c1-3-13(2)21-25(22,23)16-11-7-10-15(12-16)18-19-17(20-24-18)14-8-5-4-6-9-14/h4-13,21H,3H2,1-2H3/t13-/m0/s1. The van der Waals surface area contributed by atoms with Gasteiger partial charge in [0.15, 0.2) is 0 Å². The number of sulfonamides is 1. The first kappa shape index (κ1) is 17.3. The summed E-state index contributed by atoms with van der Waals surface area (Å²) in [4.78, 5) is 4.53. The number of nitrogens with one attached hydrogen (secondary N) is 1. The van der Waals surface area contributed by atoms with Gasteiger partial charge in [-0.3, -0.25) is 0 Å². The summed E-state index contributed by atoms with van der Waals surface area (Å²) in [5.41, 5.74) is 1.39. The van der Waals surface area contributed by atoms with Crippen molar-refractivity contribution in [3.63, 3.8) is 0 Å². The van der Waals surface area contributed by atoms with Crippen molar-refractivity contribution in [3.05, 3.63) is 54.6 Å². The number of hydrogen-bond acceptors (Lipinski definition) is 5. The van der Waals surface area contributed by atoms with Gasteiger partial charge in [-0.05, 0) is 31.5 Å². The molecule has 0 unspecified atom stereocenters. The van der Waals surface area contributed by atoms with Gasteiger partial charge >= 0.3 is 0 Å². The molecule has 0 aliphatic carbocycles. The van der Waals surface area contributed by atoms with Crippen molar-refractivity contribution >= 4 is 10.0 Å². The van der Waals surface area contributed by atoms with Crippen molar-refractivity contribution in [1.82, 2.24) is 14.9 Å². The molecule has 3 aromatic rings. The molecular weight excluding hydrogens is 338 g/mol. The van der Waals surface area contributed by atoms with E-state index in [1.54, 1.807) is 18.2 Å². The molecule has 0 amide bonds. The van der Waals surface area contributed by atoms with Crippen molar-refractivity contribution < 1.29 is 12.9 Å². The Bertz CT molecular complexity index is 952. The van der Waals surface area contributed by atoms with E-state index in [1.807, 2.05) is 44.2 Å².